The molecule has 1 saturated carbocycles. The average Bonchev–Trinajstić information content (AvgIpc) is 3.16. The van der Waals surface area contributed by atoms with E-state index in [0.29, 0.717) is 23.7 Å². The lowest BCUT2D eigenvalue weighted by atomic mass is 9.81. The summed E-state index contributed by atoms with van der Waals surface area (Å²) < 4.78 is 5.58. The Bertz CT molecular complexity index is 1000. The first-order valence-corrected chi connectivity index (χ1v) is 11.8. The third-order valence-electron chi connectivity index (χ3n) is 5.77. The molecule has 1 fully saturated rings. The molecule has 1 heterocycles. The number of amides is 2. The van der Waals surface area contributed by atoms with E-state index in [4.69, 9.17) is 4.74 Å². The summed E-state index contributed by atoms with van der Waals surface area (Å²) in [5.74, 6) is -0.791. The first-order valence-electron chi connectivity index (χ1n) is 10.9. The van der Waals surface area contributed by atoms with Gasteiger partial charge < -0.3 is 10.1 Å². The van der Waals surface area contributed by atoms with Crippen LogP contribution in [0.4, 0.5) is 10.8 Å². The third kappa shape index (κ3) is 5.18. The van der Waals surface area contributed by atoms with E-state index in [2.05, 4.69) is 10.3 Å². The second-order valence-electron chi connectivity index (χ2n) is 8.62. The molecule has 0 unspecified atom stereocenters. The van der Waals surface area contributed by atoms with Crippen LogP contribution >= 0.6 is 11.3 Å². The monoisotopic (exact) mass is 457 g/mol. The van der Waals surface area contributed by atoms with Gasteiger partial charge in [-0.1, -0.05) is 37.0 Å². The van der Waals surface area contributed by atoms with Gasteiger partial charge in [-0.15, -0.1) is 11.3 Å². The molecule has 8 heteroatoms. The van der Waals surface area contributed by atoms with Gasteiger partial charge in [0.2, 0.25) is 11.8 Å². The van der Waals surface area contributed by atoms with Crippen LogP contribution in [0.15, 0.2) is 17.5 Å². The van der Waals surface area contributed by atoms with Crippen molar-refractivity contribution in [2.75, 3.05) is 4.90 Å². The van der Waals surface area contributed by atoms with Crippen LogP contribution in [0.25, 0.3) is 0 Å². The van der Waals surface area contributed by atoms with Crippen molar-refractivity contribution in [2.45, 2.75) is 78.9 Å². The second kappa shape index (κ2) is 9.81. The van der Waals surface area contributed by atoms with E-state index in [-0.39, 0.29) is 18.4 Å². The van der Waals surface area contributed by atoms with Crippen molar-refractivity contribution in [3.8, 4) is 0 Å². The zero-order valence-electron chi connectivity index (χ0n) is 19.4. The highest BCUT2D eigenvalue weighted by atomic mass is 32.1. The lowest BCUT2D eigenvalue weighted by Crippen LogP contribution is -2.55. The number of nitrogens with zero attached hydrogens (tertiary/aromatic N) is 2. The molecule has 0 aliphatic heterocycles. The van der Waals surface area contributed by atoms with Crippen LogP contribution in [0, 0.1) is 20.8 Å². The van der Waals surface area contributed by atoms with Crippen molar-refractivity contribution in [1.82, 2.24) is 10.3 Å². The summed E-state index contributed by atoms with van der Waals surface area (Å²) in [7, 11) is 0. The van der Waals surface area contributed by atoms with Gasteiger partial charge in [0, 0.05) is 19.2 Å². The van der Waals surface area contributed by atoms with Gasteiger partial charge in [0.05, 0.1) is 11.4 Å². The summed E-state index contributed by atoms with van der Waals surface area (Å²) in [6.45, 7) is 8.91. The number of hydrogen-bond acceptors (Lipinski definition) is 6. The molecular weight excluding hydrogens is 426 g/mol. The number of aromatic nitrogens is 1. The van der Waals surface area contributed by atoms with Gasteiger partial charge in [-0.05, 0) is 44.7 Å². The number of nitrogens with one attached hydrogen (secondary N) is 1. The van der Waals surface area contributed by atoms with E-state index in [1.807, 2.05) is 32.9 Å². The fourth-order valence-corrected chi connectivity index (χ4v) is 5.39. The normalized spacial score (nSPS) is 15.2. The topological polar surface area (TPSA) is 88.6 Å². The summed E-state index contributed by atoms with van der Waals surface area (Å²) in [4.78, 5) is 43.3. The van der Waals surface area contributed by atoms with Crippen molar-refractivity contribution in [3.05, 3.63) is 39.9 Å². The van der Waals surface area contributed by atoms with Gasteiger partial charge in [-0.25, -0.2) is 9.78 Å². The second-order valence-corrected chi connectivity index (χ2v) is 9.46. The molecule has 1 aliphatic rings. The predicted molar refractivity (Wildman–Crippen MR) is 125 cm³/mol. The largest absolute Gasteiger partial charge is 0.457 e. The Labute approximate surface area is 193 Å². The highest BCUT2D eigenvalue weighted by Crippen LogP contribution is 2.35. The summed E-state index contributed by atoms with van der Waals surface area (Å²) >= 11 is 1.33. The Hall–Kier alpha value is -2.74. The molecular formula is C24H31N3O4S. The highest BCUT2D eigenvalue weighted by molar-refractivity contribution is 7.14. The third-order valence-corrected chi connectivity index (χ3v) is 6.64. The smallest absolute Gasteiger partial charge is 0.332 e. The lowest BCUT2D eigenvalue weighted by molar-refractivity contribution is -0.156. The SMILES string of the molecule is CC(=O)NC1(C(=O)OCc2csc(N(C(C)=O)c3c(C)cc(C)cc3C)n2)CCCCC1. The van der Waals surface area contributed by atoms with Crippen LogP contribution in [0.5, 0.6) is 0 Å². The molecule has 32 heavy (non-hydrogen) atoms. The predicted octanol–water partition coefficient (Wildman–Crippen LogP) is 4.64. The molecule has 0 spiro atoms. The number of anilines is 2. The minimum Gasteiger partial charge on any atom is -0.457 e. The Balaban J connectivity index is 1.78. The molecule has 0 bridgehead atoms. The molecule has 3 rings (SSSR count). The van der Waals surface area contributed by atoms with Gasteiger partial charge in [0.25, 0.3) is 0 Å². The van der Waals surface area contributed by atoms with Crippen molar-refractivity contribution in [1.29, 1.82) is 0 Å². The van der Waals surface area contributed by atoms with Crippen LogP contribution < -0.4 is 10.2 Å². The maximum Gasteiger partial charge on any atom is 0.332 e. The minimum atomic E-state index is -0.954. The summed E-state index contributed by atoms with van der Waals surface area (Å²) in [5, 5.41) is 5.15. The lowest BCUT2D eigenvalue weighted by Gasteiger charge is -2.35. The fraction of sp³-hybridized carbons (Fsp3) is 0.500. The van der Waals surface area contributed by atoms with E-state index < -0.39 is 11.5 Å². The number of thiazole rings is 1. The average molecular weight is 458 g/mol. The Morgan fingerprint density at radius 2 is 1.72 bits per heavy atom. The Morgan fingerprint density at radius 1 is 1.09 bits per heavy atom. The van der Waals surface area contributed by atoms with E-state index in [0.717, 1.165) is 41.6 Å². The molecule has 1 aliphatic carbocycles. The standard InChI is InChI=1S/C24H31N3O4S/c1-15-11-16(2)21(17(3)12-15)27(19(5)29)23-25-20(14-32-23)13-31-22(30)24(26-18(4)28)9-7-6-8-10-24/h11-12,14H,6-10,13H2,1-5H3,(H,26,28). The fourth-order valence-electron chi connectivity index (χ4n) is 4.53. The van der Waals surface area contributed by atoms with Crippen LogP contribution in [-0.4, -0.2) is 28.3 Å². The first kappa shape index (κ1) is 23.9. The maximum absolute atomic E-state index is 12.9. The number of aryl methyl sites for hydroxylation is 3. The number of esters is 1. The maximum atomic E-state index is 12.9. The van der Waals surface area contributed by atoms with Gasteiger partial charge in [0.15, 0.2) is 5.13 Å². The molecule has 1 aromatic heterocycles. The quantitative estimate of drug-likeness (QED) is 0.639. The van der Waals surface area contributed by atoms with E-state index >= 15 is 0 Å². The van der Waals surface area contributed by atoms with E-state index in [1.165, 1.54) is 25.2 Å². The van der Waals surface area contributed by atoms with E-state index in [1.54, 1.807) is 10.3 Å². The zero-order valence-corrected chi connectivity index (χ0v) is 20.2. The summed E-state index contributed by atoms with van der Waals surface area (Å²) in [6, 6.07) is 4.08. The molecule has 0 saturated heterocycles. The summed E-state index contributed by atoms with van der Waals surface area (Å²) in [5.41, 5.74) is 3.57. The van der Waals surface area contributed by atoms with Gasteiger partial charge in [0.1, 0.15) is 12.1 Å². The first-order chi connectivity index (χ1) is 15.1. The van der Waals surface area contributed by atoms with Crippen molar-refractivity contribution >= 4 is 39.9 Å². The van der Waals surface area contributed by atoms with Crippen molar-refractivity contribution < 1.29 is 19.1 Å². The molecule has 0 atom stereocenters. The number of carbonyl (C=O) groups is 3. The number of benzene rings is 1. The molecule has 1 N–H and O–H groups in total. The summed E-state index contributed by atoms with van der Waals surface area (Å²) in [6.07, 6.45) is 3.95. The highest BCUT2D eigenvalue weighted by Gasteiger charge is 2.41. The minimum absolute atomic E-state index is 0.00568. The van der Waals surface area contributed by atoms with Crippen LogP contribution in [0.2, 0.25) is 0 Å². The van der Waals surface area contributed by atoms with Crippen LogP contribution in [-0.2, 0) is 25.7 Å². The van der Waals surface area contributed by atoms with E-state index in [9.17, 15) is 14.4 Å². The zero-order chi connectivity index (χ0) is 23.5. The van der Waals surface area contributed by atoms with Gasteiger partial charge >= 0.3 is 5.97 Å². The Kier molecular flexibility index (Phi) is 7.33. The van der Waals surface area contributed by atoms with Crippen LogP contribution in [0.1, 0.15) is 68.3 Å². The van der Waals surface area contributed by atoms with Crippen LogP contribution in [0.3, 0.4) is 0 Å². The molecule has 0 radical (unpaired) electrons. The van der Waals surface area contributed by atoms with Crippen molar-refractivity contribution in [3.63, 3.8) is 0 Å². The molecule has 1 aromatic carbocycles. The number of ether oxygens (including phenoxy) is 1. The van der Waals surface area contributed by atoms with Gasteiger partial charge in [-0.3, -0.25) is 14.5 Å². The number of hydrogen-bond donors (Lipinski definition) is 1. The molecule has 7 nitrogen and oxygen atoms in total. The number of rotatable bonds is 6. The molecule has 172 valence electrons. The van der Waals surface area contributed by atoms with Gasteiger partial charge in [-0.2, -0.15) is 0 Å². The number of carbonyl (C=O) groups excluding carboxylic acids is 3. The Morgan fingerprint density at radius 3 is 2.28 bits per heavy atom. The molecule has 2 amide bonds. The molecule has 2 aromatic rings. The van der Waals surface area contributed by atoms with Crippen molar-refractivity contribution in [2.24, 2.45) is 0 Å².